The average Bonchev–Trinajstić information content (AvgIpc) is 3.10. The van der Waals surface area contributed by atoms with Gasteiger partial charge in [0.1, 0.15) is 5.54 Å². The normalized spacial score (nSPS) is 32.1. The Kier molecular flexibility index (Phi) is 3.30. The molecule has 2 atom stereocenters. The summed E-state index contributed by atoms with van der Waals surface area (Å²) in [5, 5.41) is 2.76. The quantitative estimate of drug-likeness (QED) is 0.758. The van der Waals surface area contributed by atoms with Crippen molar-refractivity contribution in [3.63, 3.8) is 0 Å². The van der Waals surface area contributed by atoms with Crippen molar-refractivity contribution in [2.24, 2.45) is 0 Å². The Morgan fingerprint density at radius 1 is 1.38 bits per heavy atom. The van der Waals surface area contributed by atoms with E-state index in [-0.39, 0.29) is 24.0 Å². The number of carbonyl (C=O) groups excluding carboxylic acids is 3. The van der Waals surface area contributed by atoms with Gasteiger partial charge in [0.2, 0.25) is 0 Å². The minimum atomic E-state index is -0.657. The van der Waals surface area contributed by atoms with Gasteiger partial charge in [-0.2, -0.15) is 0 Å². The Morgan fingerprint density at radius 3 is 2.81 bits per heavy atom. The smallest absolute Gasteiger partial charge is 0.327 e. The second-order valence-electron chi connectivity index (χ2n) is 6.21. The summed E-state index contributed by atoms with van der Waals surface area (Å²) in [6.45, 7) is 5.99. The zero-order valence-electron chi connectivity index (χ0n) is 12.6. The van der Waals surface area contributed by atoms with E-state index in [4.69, 9.17) is 0 Å². The molecule has 116 valence electrons. The van der Waals surface area contributed by atoms with E-state index in [1.165, 1.54) is 4.90 Å². The summed E-state index contributed by atoms with van der Waals surface area (Å²) in [6, 6.07) is -0.483. The van der Waals surface area contributed by atoms with Gasteiger partial charge in [0.15, 0.2) is 0 Å². The number of rotatable bonds is 2. The first kappa shape index (κ1) is 14.2. The lowest BCUT2D eigenvalue weighted by molar-refractivity contribution is -0.133. The summed E-state index contributed by atoms with van der Waals surface area (Å²) in [6.07, 6.45) is 2.29. The Morgan fingerprint density at radius 2 is 2.14 bits per heavy atom. The van der Waals surface area contributed by atoms with Crippen LogP contribution in [-0.2, 0) is 4.79 Å². The summed E-state index contributed by atoms with van der Waals surface area (Å²) >= 11 is 0. The van der Waals surface area contributed by atoms with Crippen LogP contribution in [0.1, 0.15) is 33.1 Å². The van der Waals surface area contributed by atoms with Crippen molar-refractivity contribution < 1.29 is 14.4 Å². The molecule has 0 aromatic heterocycles. The fourth-order valence-electron chi connectivity index (χ4n) is 3.69. The van der Waals surface area contributed by atoms with E-state index in [0.717, 1.165) is 12.8 Å². The molecule has 0 bridgehead atoms. The number of hydrogen-bond donors (Lipinski definition) is 1. The van der Waals surface area contributed by atoms with Crippen molar-refractivity contribution in [3.8, 4) is 0 Å². The van der Waals surface area contributed by atoms with E-state index in [2.05, 4.69) is 5.32 Å². The van der Waals surface area contributed by atoms with Gasteiger partial charge in [-0.1, -0.05) is 0 Å². The van der Waals surface area contributed by atoms with Crippen molar-refractivity contribution in [1.82, 2.24) is 20.0 Å². The molecule has 3 aliphatic rings. The predicted molar refractivity (Wildman–Crippen MR) is 75.6 cm³/mol. The molecule has 3 rings (SSSR count). The summed E-state index contributed by atoms with van der Waals surface area (Å²) in [7, 11) is 0. The van der Waals surface area contributed by atoms with Crippen LogP contribution < -0.4 is 5.32 Å². The standard InChI is InChI=1S/C14H22N4O3/c1-3-15-12(20)16-8-5-10(9-16)18-11(19)14(2)6-4-7-17(14)13(18)21/h10H,3-9H2,1-2H3,(H,15,20). The molecule has 21 heavy (non-hydrogen) atoms. The first-order valence-electron chi connectivity index (χ1n) is 7.67. The van der Waals surface area contributed by atoms with Crippen LogP contribution in [0.4, 0.5) is 9.59 Å². The zero-order valence-corrected chi connectivity index (χ0v) is 12.6. The molecule has 0 aromatic carbocycles. The third kappa shape index (κ3) is 1.98. The molecule has 5 amide bonds. The third-order valence-electron chi connectivity index (χ3n) is 4.90. The highest BCUT2D eigenvalue weighted by atomic mass is 16.2. The van der Waals surface area contributed by atoms with Crippen molar-refractivity contribution in [1.29, 1.82) is 0 Å². The maximum atomic E-state index is 12.7. The second kappa shape index (κ2) is 4.89. The molecule has 0 aliphatic carbocycles. The predicted octanol–water partition coefficient (Wildman–Crippen LogP) is 0.607. The number of carbonyl (C=O) groups is 3. The van der Waals surface area contributed by atoms with Crippen molar-refractivity contribution in [2.75, 3.05) is 26.2 Å². The molecule has 7 nitrogen and oxygen atoms in total. The van der Waals surface area contributed by atoms with Gasteiger partial charge in [0.05, 0.1) is 6.04 Å². The molecule has 1 N–H and O–H groups in total. The first-order chi connectivity index (χ1) is 9.99. The van der Waals surface area contributed by atoms with Crippen molar-refractivity contribution in [2.45, 2.75) is 44.7 Å². The maximum Gasteiger partial charge on any atom is 0.327 e. The third-order valence-corrected chi connectivity index (χ3v) is 4.90. The fourth-order valence-corrected chi connectivity index (χ4v) is 3.69. The zero-order chi connectivity index (χ0) is 15.2. The average molecular weight is 294 g/mol. The van der Waals surface area contributed by atoms with Crippen molar-refractivity contribution in [3.05, 3.63) is 0 Å². The van der Waals surface area contributed by atoms with Crippen LogP contribution in [0.2, 0.25) is 0 Å². The van der Waals surface area contributed by atoms with Crippen LogP contribution in [0.3, 0.4) is 0 Å². The SMILES string of the molecule is CCNC(=O)N1CCC(N2C(=O)N3CCCC3(C)C2=O)C1. The van der Waals surface area contributed by atoms with Crippen LogP contribution in [0, 0.1) is 0 Å². The Hall–Kier alpha value is -1.79. The minimum absolute atomic E-state index is 0.0900. The monoisotopic (exact) mass is 294 g/mol. The molecule has 0 saturated carbocycles. The molecule has 3 aliphatic heterocycles. The lowest BCUT2D eigenvalue weighted by Crippen LogP contribution is -2.46. The molecule has 3 heterocycles. The number of amides is 5. The Labute approximate surface area is 124 Å². The van der Waals surface area contributed by atoms with E-state index in [9.17, 15) is 14.4 Å². The lowest BCUT2D eigenvalue weighted by atomic mass is 9.99. The molecule has 3 saturated heterocycles. The van der Waals surface area contributed by atoms with Gasteiger partial charge < -0.3 is 15.1 Å². The highest BCUT2D eigenvalue weighted by Gasteiger charge is 2.58. The molecule has 0 radical (unpaired) electrons. The summed E-state index contributed by atoms with van der Waals surface area (Å²) in [5.74, 6) is -0.0900. The van der Waals surface area contributed by atoms with E-state index >= 15 is 0 Å². The molecule has 2 unspecified atom stereocenters. The van der Waals surface area contributed by atoms with Crippen LogP contribution in [0.15, 0.2) is 0 Å². The van der Waals surface area contributed by atoms with Gasteiger partial charge >= 0.3 is 12.1 Å². The molecule has 7 heteroatoms. The summed E-state index contributed by atoms with van der Waals surface area (Å²) < 4.78 is 0. The van der Waals surface area contributed by atoms with Crippen LogP contribution in [0.5, 0.6) is 0 Å². The fraction of sp³-hybridized carbons (Fsp3) is 0.786. The highest BCUT2D eigenvalue weighted by Crippen LogP contribution is 2.39. The molecule has 0 spiro atoms. The number of imide groups is 1. The number of fused-ring (bicyclic) bond motifs is 1. The maximum absolute atomic E-state index is 12.7. The van der Waals surface area contributed by atoms with Gasteiger partial charge in [-0.15, -0.1) is 0 Å². The minimum Gasteiger partial charge on any atom is -0.338 e. The van der Waals surface area contributed by atoms with Gasteiger partial charge in [-0.25, -0.2) is 9.59 Å². The summed E-state index contributed by atoms with van der Waals surface area (Å²) in [4.78, 5) is 41.8. The van der Waals surface area contributed by atoms with Crippen LogP contribution in [-0.4, -0.2) is 70.4 Å². The lowest BCUT2D eigenvalue weighted by Gasteiger charge is -2.23. The number of likely N-dealkylation sites (tertiary alicyclic amines) is 1. The van der Waals surface area contributed by atoms with Gasteiger partial charge in [0, 0.05) is 26.2 Å². The molecular formula is C14H22N4O3. The van der Waals surface area contributed by atoms with Crippen LogP contribution >= 0.6 is 0 Å². The summed E-state index contributed by atoms with van der Waals surface area (Å²) in [5.41, 5.74) is -0.657. The van der Waals surface area contributed by atoms with E-state index in [1.807, 2.05) is 13.8 Å². The van der Waals surface area contributed by atoms with Gasteiger partial charge in [-0.3, -0.25) is 9.69 Å². The molecule has 0 aromatic rings. The van der Waals surface area contributed by atoms with E-state index in [0.29, 0.717) is 32.6 Å². The topological polar surface area (TPSA) is 73.0 Å². The first-order valence-corrected chi connectivity index (χ1v) is 7.67. The van der Waals surface area contributed by atoms with Crippen LogP contribution in [0.25, 0.3) is 0 Å². The van der Waals surface area contributed by atoms with Crippen molar-refractivity contribution >= 4 is 18.0 Å². The second-order valence-corrected chi connectivity index (χ2v) is 6.21. The number of nitrogens with zero attached hydrogens (tertiary/aromatic N) is 3. The highest BCUT2D eigenvalue weighted by molar-refractivity contribution is 6.07. The number of urea groups is 2. The van der Waals surface area contributed by atoms with E-state index in [1.54, 1.807) is 9.80 Å². The Bertz CT molecular complexity index is 495. The number of hydrogen-bond acceptors (Lipinski definition) is 3. The van der Waals surface area contributed by atoms with Gasteiger partial charge in [0.25, 0.3) is 5.91 Å². The molecular weight excluding hydrogens is 272 g/mol. The molecule has 3 fully saturated rings. The van der Waals surface area contributed by atoms with Gasteiger partial charge in [-0.05, 0) is 33.1 Å². The number of nitrogens with one attached hydrogen (secondary N) is 1. The Balaban J connectivity index is 1.73. The van der Waals surface area contributed by atoms with E-state index < -0.39 is 5.54 Å². The largest absolute Gasteiger partial charge is 0.338 e.